The summed E-state index contributed by atoms with van der Waals surface area (Å²) in [6.07, 6.45) is 2.21. The molecule has 0 atom stereocenters. The molecule has 0 spiro atoms. The van der Waals surface area contributed by atoms with Crippen LogP contribution < -0.4 is 9.88 Å². The van der Waals surface area contributed by atoms with E-state index in [-0.39, 0.29) is 11.2 Å². The molecule has 0 aromatic heterocycles. The van der Waals surface area contributed by atoms with Crippen LogP contribution >= 0.6 is 0 Å². The van der Waals surface area contributed by atoms with Crippen molar-refractivity contribution in [2.75, 3.05) is 12.4 Å². The zero-order chi connectivity index (χ0) is 15.2. The molecule has 0 bridgehead atoms. The molecular formula is C15H25NO3S. The highest BCUT2D eigenvalue weighted by Gasteiger charge is 2.18. The summed E-state index contributed by atoms with van der Waals surface area (Å²) in [6, 6.07) is 8.03. The first-order chi connectivity index (χ1) is 9.20. The number of primary sulfonamides is 1. The summed E-state index contributed by atoms with van der Waals surface area (Å²) in [7, 11) is -3.33. The highest BCUT2D eigenvalue weighted by molar-refractivity contribution is 7.89. The van der Waals surface area contributed by atoms with E-state index in [0.29, 0.717) is 13.0 Å². The first kappa shape index (κ1) is 17.0. The van der Waals surface area contributed by atoms with Gasteiger partial charge >= 0.3 is 0 Å². The molecule has 0 saturated heterocycles. The maximum Gasteiger partial charge on any atom is 0.209 e. The smallest absolute Gasteiger partial charge is 0.209 e. The fraction of sp³-hybridized carbons (Fsp3) is 0.600. The zero-order valence-corrected chi connectivity index (χ0v) is 13.4. The van der Waals surface area contributed by atoms with Crippen molar-refractivity contribution < 1.29 is 13.2 Å². The van der Waals surface area contributed by atoms with Crippen molar-refractivity contribution >= 4 is 10.0 Å². The molecular weight excluding hydrogens is 274 g/mol. The van der Waals surface area contributed by atoms with Gasteiger partial charge in [0.05, 0.1) is 12.4 Å². The van der Waals surface area contributed by atoms with Gasteiger partial charge in [0.25, 0.3) is 0 Å². The third-order valence-electron chi connectivity index (χ3n) is 3.03. The van der Waals surface area contributed by atoms with Crippen LogP contribution in [0.5, 0.6) is 5.75 Å². The normalized spacial score (nSPS) is 12.4. The second-order valence-electron chi connectivity index (χ2n) is 6.02. The highest BCUT2D eigenvalue weighted by atomic mass is 32.2. The number of hydrogen-bond donors (Lipinski definition) is 1. The number of hydrogen-bond acceptors (Lipinski definition) is 3. The Hall–Kier alpha value is -1.07. The van der Waals surface area contributed by atoms with E-state index < -0.39 is 10.0 Å². The fourth-order valence-electron chi connectivity index (χ4n) is 1.98. The maximum atomic E-state index is 10.8. The van der Waals surface area contributed by atoms with Gasteiger partial charge in [-0.1, -0.05) is 39.0 Å². The zero-order valence-electron chi connectivity index (χ0n) is 12.6. The van der Waals surface area contributed by atoms with Crippen LogP contribution in [0.1, 0.15) is 45.6 Å². The van der Waals surface area contributed by atoms with Gasteiger partial charge < -0.3 is 4.74 Å². The number of ether oxygens (including phenoxy) is 1. The molecule has 5 heteroatoms. The Labute approximate surface area is 122 Å². The van der Waals surface area contributed by atoms with E-state index in [2.05, 4.69) is 26.8 Å². The van der Waals surface area contributed by atoms with Crippen molar-refractivity contribution in [3.63, 3.8) is 0 Å². The molecule has 0 heterocycles. The number of unbranched alkanes of at least 4 members (excludes halogenated alkanes) is 2. The molecule has 2 N–H and O–H groups in total. The Morgan fingerprint density at radius 1 is 1.10 bits per heavy atom. The molecule has 0 saturated carbocycles. The Balaban J connectivity index is 2.40. The predicted molar refractivity (Wildman–Crippen MR) is 82.5 cm³/mol. The second kappa shape index (κ2) is 7.09. The summed E-state index contributed by atoms with van der Waals surface area (Å²) in [6.45, 7) is 7.06. The van der Waals surface area contributed by atoms with Crippen LogP contribution in [0.3, 0.4) is 0 Å². The van der Waals surface area contributed by atoms with Crippen molar-refractivity contribution in [2.45, 2.75) is 45.4 Å². The Morgan fingerprint density at radius 3 is 2.35 bits per heavy atom. The average Bonchev–Trinajstić information content (AvgIpc) is 2.31. The van der Waals surface area contributed by atoms with Gasteiger partial charge in [-0.2, -0.15) is 0 Å². The number of rotatable bonds is 7. The first-order valence-corrected chi connectivity index (χ1v) is 8.64. The lowest BCUT2D eigenvalue weighted by Crippen LogP contribution is -2.16. The van der Waals surface area contributed by atoms with Crippen molar-refractivity contribution in [1.82, 2.24) is 0 Å². The molecule has 0 aliphatic heterocycles. The average molecular weight is 299 g/mol. The molecule has 1 aromatic carbocycles. The molecule has 0 amide bonds. The van der Waals surface area contributed by atoms with E-state index in [0.717, 1.165) is 18.6 Å². The monoisotopic (exact) mass is 299 g/mol. The van der Waals surface area contributed by atoms with Gasteiger partial charge in [0.1, 0.15) is 5.75 Å². The SMILES string of the molecule is CC(C)(C)c1ccccc1OCCCCCS(N)(=O)=O. The predicted octanol–water partition coefficient (Wildman–Crippen LogP) is 2.82. The summed E-state index contributed by atoms with van der Waals surface area (Å²) in [5, 5.41) is 4.95. The van der Waals surface area contributed by atoms with Crippen molar-refractivity contribution in [1.29, 1.82) is 0 Å². The minimum Gasteiger partial charge on any atom is -0.493 e. The van der Waals surface area contributed by atoms with E-state index >= 15 is 0 Å². The summed E-state index contributed by atoms with van der Waals surface area (Å²) in [4.78, 5) is 0. The number of sulfonamides is 1. The fourth-order valence-corrected chi connectivity index (χ4v) is 2.58. The van der Waals surface area contributed by atoms with Crippen molar-refractivity contribution in [3.8, 4) is 5.75 Å². The van der Waals surface area contributed by atoms with Gasteiger partial charge in [-0.15, -0.1) is 0 Å². The van der Waals surface area contributed by atoms with Crippen LogP contribution in [0.4, 0.5) is 0 Å². The Kier molecular flexibility index (Phi) is 6.02. The number of benzene rings is 1. The number of para-hydroxylation sites is 1. The third kappa shape index (κ3) is 6.39. The standard InChI is InChI=1S/C15H25NO3S/c1-15(2,3)13-9-5-6-10-14(13)19-11-7-4-8-12-20(16,17)18/h5-6,9-10H,4,7-8,11-12H2,1-3H3,(H2,16,17,18). The minimum absolute atomic E-state index is 0.0459. The van der Waals surface area contributed by atoms with Crippen LogP contribution in [-0.4, -0.2) is 20.8 Å². The number of nitrogens with two attached hydrogens (primary N) is 1. The molecule has 0 fully saturated rings. The molecule has 0 aliphatic rings. The summed E-state index contributed by atoms with van der Waals surface area (Å²) >= 11 is 0. The highest BCUT2D eigenvalue weighted by Crippen LogP contribution is 2.30. The molecule has 0 aliphatic carbocycles. The van der Waals surface area contributed by atoms with Gasteiger partial charge in [0.15, 0.2) is 0 Å². The van der Waals surface area contributed by atoms with E-state index in [1.807, 2.05) is 18.2 Å². The summed E-state index contributed by atoms with van der Waals surface area (Å²) < 4.78 is 27.4. The molecule has 1 rings (SSSR count). The maximum absolute atomic E-state index is 10.8. The van der Waals surface area contributed by atoms with Gasteiger partial charge in [-0.3, -0.25) is 0 Å². The van der Waals surface area contributed by atoms with Crippen LogP contribution in [0.15, 0.2) is 24.3 Å². The summed E-state index contributed by atoms with van der Waals surface area (Å²) in [5.74, 6) is 0.956. The Morgan fingerprint density at radius 2 is 1.75 bits per heavy atom. The molecule has 0 radical (unpaired) electrons. The first-order valence-electron chi connectivity index (χ1n) is 6.93. The molecule has 4 nitrogen and oxygen atoms in total. The quantitative estimate of drug-likeness (QED) is 0.787. The van der Waals surface area contributed by atoms with Gasteiger partial charge in [0.2, 0.25) is 10.0 Å². The minimum atomic E-state index is -3.33. The third-order valence-corrected chi connectivity index (χ3v) is 3.88. The van der Waals surface area contributed by atoms with Crippen molar-refractivity contribution in [3.05, 3.63) is 29.8 Å². The molecule has 0 unspecified atom stereocenters. The second-order valence-corrected chi connectivity index (χ2v) is 7.76. The molecule has 1 aromatic rings. The van der Waals surface area contributed by atoms with Crippen LogP contribution in [0.25, 0.3) is 0 Å². The lowest BCUT2D eigenvalue weighted by molar-refractivity contribution is 0.298. The van der Waals surface area contributed by atoms with E-state index in [1.54, 1.807) is 0 Å². The lowest BCUT2D eigenvalue weighted by atomic mass is 9.86. The van der Waals surface area contributed by atoms with Crippen LogP contribution in [0, 0.1) is 0 Å². The van der Waals surface area contributed by atoms with Crippen molar-refractivity contribution in [2.24, 2.45) is 5.14 Å². The molecule has 114 valence electrons. The lowest BCUT2D eigenvalue weighted by Gasteiger charge is -2.22. The summed E-state index contributed by atoms with van der Waals surface area (Å²) in [5.41, 5.74) is 1.23. The van der Waals surface area contributed by atoms with Crippen LogP contribution in [-0.2, 0) is 15.4 Å². The van der Waals surface area contributed by atoms with E-state index in [4.69, 9.17) is 9.88 Å². The van der Waals surface area contributed by atoms with Gasteiger partial charge in [-0.05, 0) is 36.3 Å². The van der Waals surface area contributed by atoms with Crippen LogP contribution in [0.2, 0.25) is 0 Å². The van der Waals surface area contributed by atoms with E-state index in [1.165, 1.54) is 5.56 Å². The van der Waals surface area contributed by atoms with Gasteiger partial charge in [-0.25, -0.2) is 13.6 Å². The largest absolute Gasteiger partial charge is 0.493 e. The topological polar surface area (TPSA) is 69.4 Å². The van der Waals surface area contributed by atoms with E-state index in [9.17, 15) is 8.42 Å². The van der Waals surface area contributed by atoms with Gasteiger partial charge in [0, 0.05) is 0 Å². The Bertz CT molecular complexity index is 518. The molecule has 20 heavy (non-hydrogen) atoms.